The first-order valence-electron chi connectivity index (χ1n) is 8.87. The first kappa shape index (κ1) is 17.0. The standard InChI is InChI=1S/C23H19N3O/c1-23(13-14-24)17-8-4-6-10-20(17)26(2)22(23)15-21(27)19-12-11-16-7-3-5-9-18(16)25-19/h3-12,15H,13H2,1-2H3. The van der Waals surface area contributed by atoms with Gasteiger partial charge in [0.15, 0.2) is 0 Å². The first-order chi connectivity index (χ1) is 13.0. The smallest absolute Gasteiger partial charge is 0.205 e. The molecule has 0 amide bonds. The molecule has 1 atom stereocenters. The highest BCUT2D eigenvalue weighted by molar-refractivity contribution is 6.05. The largest absolute Gasteiger partial charge is 0.347 e. The second-order valence-electron chi connectivity index (χ2n) is 7.03. The van der Waals surface area contributed by atoms with Crippen LogP contribution in [0.5, 0.6) is 0 Å². The molecule has 2 heterocycles. The number of aromatic nitrogens is 1. The second kappa shape index (κ2) is 6.37. The SMILES string of the molecule is CN1C(=CC(=O)c2ccc3ccccc3n2)C(C)(CC#N)c2ccccc21. The fourth-order valence-corrected chi connectivity index (χ4v) is 3.87. The van der Waals surface area contributed by atoms with Crippen LogP contribution in [-0.4, -0.2) is 17.8 Å². The zero-order chi connectivity index (χ0) is 19.0. The van der Waals surface area contributed by atoms with Gasteiger partial charge in [0.25, 0.3) is 0 Å². The predicted octanol–water partition coefficient (Wildman–Crippen LogP) is 4.62. The van der Waals surface area contributed by atoms with E-state index in [-0.39, 0.29) is 5.78 Å². The van der Waals surface area contributed by atoms with Gasteiger partial charge in [-0.3, -0.25) is 4.79 Å². The maximum atomic E-state index is 13.0. The summed E-state index contributed by atoms with van der Waals surface area (Å²) < 4.78 is 0. The van der Waals surface area contributed by atoms with Crippen LogP contribution in [0.3, 0.4) is 0 Å². The normalized spacial score (nSPS) is 19.9. The van der Waals surface area contributed by atoms with Gasteiger partial charge < -0.3 is 4.90 Å². The summed E-state index contributed by atoms with van der Waals surface area (Å²) >= 11 is 0. The van der Waals surface area contributed by atoms with Crippen molar-refractivity contribution in [3.05, 3.63) is 83.7 Å². The van der Waals surface area contributed by atoms with E-state index in [1.165, 1.54) is 0 Å². The maximum Gasteiger partial charge on any atom is 0.205 e. The monoisotopic (exact) mass is 353 g/mol. The number of pyridine rings is 1. The summed E-state index contributed by atoms with van der Waals surface area (Å²) in [7, 11) is 1.94. The Morgan fingerprint density at radius 3 is 2.70 bits per heavy atom. The van der Waals surface area contributed by atoms with Gasteiger partial charge in [-0.2, -0.15) is 5.26 Å². The second-order valence-corrected chi connectivity index (χ2v) is 7.03. The number of allylic oxidation sites excluding steroid dienone is 2. The van der Waals surface area contributed by atoms with Gasteiger partial charge in [-0.05, 0) is 30.7 Å². The van der Waals surface area contributed by atoms with Crippen molar-refractivity contribution in [2.45, 2.75) is 18.8 Å². The van der Waals surface area contributed by atoms with Crippen LogP contribution in [0, 0.1) is 11.3 Å². The van der Waals surface area contributed by atoms with Gasteiger partial charge in [0.05, 0.1) is 18.0 Å². The van der Waals surface area contributed by atoms with Gasteiger partial charge in [0, 0.05) is 35.3 Å². The summed E-state index contributed by atoms with van der Waals surface area (Å²) in [6.07, 6.45) is 1.94. The number of likely N-dealkylation sites (N-methyl/N-ethyl adjacent to an activating group) is 1. The Balaban J connectivity index is 1.79. The lowest BCUT2D eigenvalue weighted by Gasteiger charge is -2.26. The molecule has 1 aliphatic heterocycles. The first-order valence-corrected chi connectivity index (χ1v) is 8.87. The van der Waals surface area contributed by atoms with Crippen LogP contribution >= 0.6 is 0 Å². The lowest BCUT2D eigenvalue weighted by molar-refractivity contribution is 0.104. The zero-order valence-corrected chi connectivity index (χ0v) is 15.3. The minimum Gasteiger partial charge on any atom is -0.347 e. The highest BCUT2D eigenvalue weighted by atomic mass is 16.1. The molecule has 1 unspecified atom stereocenters. The molecule has 4 nitrogen and oxygen atoms in total. The molecule has 1 aliphatic rings. The molecule has 0 saturated carbocycles. The molecule has 27 heavy (non-hydrogen) atoms. The number of benzene rings is 2. The predicted molar refractivity (Wildman–Crippen MR) is 107 cm³/mol. The van der Waals surface area contributed by atoms with Crippen molar-refractivity contribution in [2.24, 2.45) is 0 Å². The van der Waals surface area contributed by atoms with Gasteiger partial charge in [0.2, 0.25) is 5.78 Å². The number of anilines is 1. The number of carbonyl (C=O) groups is 1. The molecule has 4 heteroatoms. The lowest BCUT2D eigenvalue weighted by atomic mass is 9.78. The zero-order valence-electron chi connectivity index (χ0n) is 15.3. The topological polar surface area (TPSA) is 57.0 Å². The number of carbonyl (C=O) groups excluding carboxylic acids is 1. The van der Waals surface area contributed by atoms with E-state index in [4.69, 9.17) is 0 Å². The summed E-state index contributed by atoms with van der Waals surface area (Å²) in [5.74, 6) is -0.153. The molecule has 4 rings (SSSR count). The molecule has 0 saturated heterocycles. The van der Waals surface area contributed by atoms with Gasteiger partial charge in [-0.15, -0.1) is 0 Å². The van der Waals surface area contributed by atoms with E-state index in [0.29, 0.717) is 12.1 Å². The Morgan fingerprint density at radius 1 is 1.15 bits per heavy atom. The average Bonchev–Trinajstić information content (AvgIpc) is 2.90. The van der Waals surface area contributed by atoms with Gasteiger partial charge in [0.1, 0.15) is 5.69 Å². The fourth-order valence-electron chi connectivity index (χ4n) is 3.87. The highest BCUT2D eigenvalue weighted by Crippen LogP contribution is 2.48. The Morgan fingerprint density at radius 2 is 1.89 bits per heavy atom. The molecule has 0 aliphatic carbocycles. The van der Waals surface area contributed by atoms with E-state index in [1.54, 1.807) is 12.1 Å². The van der Waals surface area contributed by atoms with Crippen molar-refractivity contribution < 1.29 is 4.79 Å². The van der Waals surface area contributed by atoms with E-state index in [9.17, 15) is 10.1 Å². The summed E-state index contributed by atoms with van der Waals surface area (Å²) in [5.41, 5.74) is 3.60. The number of nitrogens with zero attached hydrogens (tertiary/aromatic N) is 3. The Bertz CT molecular complexity index is 1130. The third-order valence-corrected chi connectivity index (χ3v) is 5.34. The van der Waals surface area contributed by atoms with Crippen molar-refractivity contribution in [3.8, 4) is 6.07 Å². The van der Waals surface area contributed by atoms with Gasteiger partial charge in [-0.25, -0.2) is 4.98 Å². The van der Waals surface area contributed by atoms with Crippen LogP contribution in [0.1, 0.15) is 29.4 Å². The summed E-state index contributed by atoms with van der Waals surface area (Å²) in [6.45, 7) is 2.02. The number of fused-ring (bicyclic) bond motifs is 2. The number of ketones is 1. The van der Waals surface area contributed by atoms with Crippen LogP contribution in [0.2, 0.25) is 0 Å². The third-order valence-electron chi connectivity index (χ3n) is 5.34. The number of para-hydroxylation sites is 2. The van der Waals surface area contributed by atoms with Crippen molar-refractivity contribution >= 4 is 22.4 Å². The van der Waals surface area contributed by atoms with Gasteiger partial charge in [-0.1, -0.05) is 42.5 Å². The van der Waals surface area contributed by atoms with E-state index in [0.717, 1.165) is 27.9 Å². The van der Waals surface area contributed by atoms with Crippen molar-refractivity contribution in [2.75, 3.05) is 11.9 Å². The Labute approximate surface area is 158 Å². The van der Waals surface area contributed by atoms with Crippen LogP contribution in [0.15, 0.2) is 72.4 Å². The van der Waals surface area contributed by atoms with Crippen LogP contribution in [-0.2, 0) is 5.41 Å². The molecular formula is C23H19N3O. The molecule has 2 aromatic carbocycles. The maximum absolute atomic E-state index is 13.0. The average molecular weight is 353 g/mol. The number of nitriles is 1. The van der Waals surface area contributed by atoms with E-state index in [2.05, 4.69) is 11.1 Å². The van der Waals surface area contributed by atoms with Crippen LogP contribution < -0.4 is 4.90 Å². The Hall–Kier alpha value is -3.45. The molecule has 0 fully saturated rings. The molecule has 0 bridgehead atoms. The lowest BCUT2D eigenvalue weighted by Crippen LogP contribution is -2.27. The number of rotatable bonds is 3. The van der Waals surface area contributed by atoms with E-state index < -0.39 is 5.41 Å². The minimum absolute atomic E-state index is 0.153. The van der Waals surface area contributed by atoms with Crippen molar-refractivity contribution in [3.63, 3.8) is 0 Å². The molecule has 0 radical (unpaired) electrons. The molecule has 0 N–H and O–H groups in total. The van der Waals surface area contributed by atoms with E-state index >= 15 is 0 Å². The summed E-state index contributed by atoms with van der Waals surface area (Å²) in [4.78, 5) is 19.5. The number of hydrogen-bond donors (Lipinski definition) is 0. The van der Waals surface area contributed by atoms with Crippen LogP contribution in [0.4, 0.5) is 5.69 Å². The summed E-state index contributed by atoms with van der Waals surface area (Å²) in [6, 6.07) is 21.7. The Kier molecular flexibility index (Phi) is 4.01. The van der Waals surface area contributed by atoms with Crippen molar-refractivity contribution in [1.29, 1.82) is 5.26 Å². The molecule has 3 aromatic rings. The molecular weight excluding hydrogens is 334 g/mol. The van der Waals surface area contributed by atoms with Gasteiger partial charge >= 0.3 is 0 Å². The summed E-state index contributed by atoms with van der Waals surface area (Å²) in [5, 5.41) is 10.4. The number of hydrogen-bond acceptors (Lipinski definition) is 4. The minimum atomic E-state index is -0.521. The van der Waals surface area contributed by atoms with Crippen molar-refractivity contribution in [1.82, 2.24) is 4.98 Å². The van der Waals surface area contributed by atoms with E-state index in [1.807, 2.05) is 73.5 Å². The third kappa shape index (κ3) is 2.69. The molecule has 132 valence electrons. The molecule has 0 spiro atoms. The quantitative estimate of drug-likeness (QED) is 0.509. The van der Waals surface area contributed by atoms with Crippen LogP contribution in [0.25, 0.3) is 10.9 Å². The fraction of sp³-hybridized carbons (Fsp3) is 0.174. The highest BCUT2D eigenvalue weighted by Gasteiger charge is 2.42. The molecule has 1 aromatic heterocycles.